The molecule has 0 saturated carbocycles. The molecule has 11 heteroatoms. The molecular weight excluding hydrogens is 463 g/mol. The fourth-order valence-electron chi connectivity index (χ4n) is 4.67. The van der Waals surface area contributed by atoms with E-state index in [2.05, 4.69) is 39.4 Å². The van der Waals surface area contributed by atoms with Crippen molar-refractivity contribution in [3.8, 4) is 0 Å². The number of carbonyl (C=O) groups is 1. The van der Waals surface area contributed by atoms with Gasteiger partial charge in [0, 0.05) is 82.8 Å². The van der Waals surface area contributed by atoms with Crippen LogP contribution in [0.2, 0.25) is 0 Å². The maximum absolute atomic E-state index is 15.0. The van der Waals surface area contributed by atoms with Crippen molar-refractivity contribution in [2.75, 3.05) is 50.7 Å². The van der Waals surface area contributed by atoms with Gasteiger partial charge in [-0.05, 0) is 26.0 Å². The number of halogens is 1. The van der Waals surface area contributed by atoms with Crippen LogP contribution in [0.3, 0.4) is 0 Å². The Morgan fingerprint density at radius 3 is 2.58 bits per heavy atom. The van der Waals surface area contributed by atoms with Crippen LogP contribution in [0, 0.1) is 5.82 Å². The third kappa shape index (κ3) is 6.51. The number of carbonyl (C=O) groups excluding carboxylic acids is 1. The molecule has 1 aromatic carbocycles. The van der Waals surface area contributed by atoms with E-state index in [9.17, 15) is 4.79 Å². The SMILES string of the molecule is CC(=O)NCC1CC(c2ccc(N3CCN(/C(N)=N\N=C4CCN(C(C)C)CC4)CC3)c(F)c2)=NO1. The summed E-state index contributed by atoms with van der Waals surface area (Å²) in [5.74, 6) is -0.00158. The molecule has 4 rings (SSSR count). The highest BCUT2D eigenvalue weighted by Crippen LogP contribution is 2.25. The van der Waals surface area contributed by atoms with Crippen LogP contribution in [0.1, 0.15) is 45.6 Å². The largest absolute Gasteiger partial charge is 0.390 e. The quantitative estimate of drug-likeness (QED) is 0.350. The van der Waals surface area contributed by atoms with Gasteiger partial charge in [-0.3, -0.25) is 4.79 Å². The molecule has 10 nitrogen and oxygen atoms in total. The van der Waals surface area contributed by atoms with E-state index >= 15 is 4.39 Å². The highest BCUT2D eigenvalue weighted by atomic mass is 19.1. The van der Waals surface area contributed by atoms with E-state index in [0.717, 1.165) is 31.6 Å². The lowest BCUT2D eigenvalue weighted by molar-refractivity contribution is -0.119. The summed E-state index contributed by atoms with van der Waals surface area (Å²) in [6.45, 7) is 10.8. The van der Waals surface area contributed by atoms with E-state index < -0.39 is 0 Å². The Labute approximate surface area is 212 Å². The molecule has 3 heterocycles. The number of oxime groups is 1. The Hall–Kier alpha value is -3.21. The van der Waals surface area contributed by atoms with Crippen molar-refractivity contribution in [3.63, 3.8) is 0 Å². The second-order valence-electron chi connectivity index (χ2n) is 9.80. The highest BCUT2D eigenvalue weighted by molar-refractivity contribution is 6.01. The molecule has 0 aliphatic carbocycles. The average Bonchev–Trinajstić information content (AvgIpc) is 3.35. The van der Waals surface area contributed by atoms with Crippen molar-refractivity contribution in [3.05, 3.63) is 29.6 Å². The van der Waals surface area contributed by atoms with Crippen molar-refractivity contribution in [1.29, 1.82) is 0 Å². The fourth-order valence-corrected chi connectivity index (χ4v) is 4.67. The number of guanidine groups is 1. The zero-order valence-corrected chi connectivity index (χ0v) is 21.4. The Morgan fingerprint density at radius 1 is 1.22 bits per heavy atom. The molecule has 0 spiro atoms. The highest BCUT2D eigenvalue weighted by Gasteiger charge is 2.25. The lowest BCUT2D eigenvalue weighted by Crippen LogP contribution is -2.51. The number of hydrogen-bond donors (Lipinski definition) is 2. The minimum atomic E-state index is -0.297. The normalized spacial score (nSPS) is 21.5. The number of piperazine rings is 1. The van der Waals surface area contributed by atoms with Crippen molar-refractivity contribution in [2.45, 2.75) is 52.2 Å². The van der Waals surface area contributed by atoms with Gasteiger partial charge in [-0.2, -0.15) is 5.10 Å². The maximum Gasteiger partial charge on any atom is 0.217 e. The molecule has 1 unspecified atom stereocenters. The van der Waals surface area contributed by atoms with E-state index in [1.807, 2.05) is 15.9 Å². The minimum Gasteiger partial charge on any atom is -0.390 e. The Bertz CT molecular complexity index is 1020. The van der Waals surface area contributed by atoms with Crippen LogP contribution in [0.25, 0.3) is 0 Å². The summed E-state index contributed by atoms with van der Waals surface area (Å²) >= 11 is 0. The van der Waals surface area contributed by atoms with Crippen LogP contribution in [0.5, 0.6) is 0 Å². The van der Waals surface area contributed by atoms with Crippen LogP contribution in [-0.2, 0) is 9.63 Å². The predicted molar refractivity (Wildman–Crippen MR) is 140 cm³/mol. The fraction of sp³-hybridized carbons (Fsp3) is 0.600. The van der Waals surface area contributed by atoms with Gasteiger partial charge < -0.3 is 30.6 Å². The van der Waals surface area contributed by atoms with Gasteiger partial charge in [0.25, 0.3) is 0 Å². The number of amides is 1. The number of rotatable bonds is 6. The zero-order chi connectivity index (χ0) is 25.7. The van der Waals surface area contributed by atoms with E-state index in [1.165, 1.54) is 13.0 Å². The third-order valence-corrected chi connectivity index (χ3v) is 6.94. The van der Waals surface area contributed by atoms with E-state index in [0.29, 0.717) is 68.1 Å². The average molecular weight is 501 g/mol. The summed E-state index contributed by atoms with van der Waals surface area (Å²) in [6, 6.07) is 5.71. The molecule has 0 radical (unpaired) electrons. The first-order valence-corrected chi connectivity index (χ1v) is 12.7. The topological polar surface area (TPSA) is 111 Å². The van der Waals surface area contributed by atoms with Gasteiger partial charge in [0.05, 0.1) is 17.9 Å². The number of nitrogens with two attached hydrogens (primary N) is 1. The molecule has 3 N–H and O–H groups in total. The molecule has 1 atom stereocenters. The maximum atomic E-state index is 15.0. The number of piperidine rings is 1. The number of benzene rings is 1. The molecule has 36 heavy (non-hydrogen) atoms. The van der Waals surface area contributed by atoms with Crippen molar-refractivity contribution < 1.29 is 14.0 Å². The first-order valence-electron chi connectivity index (χ1n) is 12.7. The minimum absolute atomic E-state index is 0.119. The lowest BCUT2D eigenvalue weighted by Gasteiger charge is -2.36. The number of hydrogen-bond acceptors (Lipinski definition) is 7. The van der Waals surface area contributed by atoms with E-state index in [-0.39, 0.29) is 17.8 Å². The van der Waals surface area contributed by atoms with Gasteiger partial charge >= 0.3 is 0 Å². The molecular formula is C25H37FN8O2. The van der Waals surface area contributed by atoms with E-state index in [4.69, 9.17) is 10.6 Å². The van der Waals surface area contributed by atoms with Gasteiger partial charge in [0.15, 0.2) is 0 Å². The molecule has 3 aliphatic heterocycles. The second-order valence-corrected chi connectivity index (χ2v) is 9.80. The van der Waals surface area contributed by atoms with Crippen molar-refractivity contribution in [2.24, 2.45) is 21.1 Å². The van der Waals surface area contributed by atoms with Gasteiger partial charge in [-0.25, -0.2) is 4.39 Å². The summed E-state index contributed by atoms with van der Waals surface area (Å²) < 4.78 is 15.0. The number of nitrogens with one attached hydrogen (secondary N) is 1. The lowest BCUT2D eigenvalue weighted by atomic mass is 10.0. The van der Waals surface area contributed by atoms with Gasteiger partial charge in [-0.1, -0.05) is 11.2 Å². The van der Waals surface area contributed by atoms with Crippen LogP contribution in [-0.4, -0.2) is 91.0 Å². The summed E-state index contributed by atoms with van der Waals surface area (Å²) in [5.41, 5.74) is 9.23. The zero-order valence-electron chi connectivity index (χ0n) is 21.4. The number of anilines is 1. The van der Waals surface area contributed by atoms with Gasteiger partial charge in [0.2, 0.25) is 11.9 Å². The van der Waals surface area contributed by atoms with Crippen LogP contribution in [0.15, 0.2) is 33.6 Å². The molecule has 0 aromatic heterocycles. The number of likely N-dealkylation sites (tertiary alicyclic amines) is 1. The third-order valence-electron chi connectivity index (χ3n) is 6.94. The smallest absolute Gasteiger partial charge is 0.217 e. The first-order chi connectivity index (χ1) is 17.3. The van der Waals surface area contributed by atoms with Crippen LogP contribution in [0.4, 0.5) is 10.1 Å². The molecule has 1 amide bonds. The molecule has 196 valence electrons. The summed E-state index contributed by atoms with van der Waals surface area (Å²) in [4.78, 5) is 22.9. The molecule has 3 aliphatic rings. The predicted octanol–water partition coefficient (Wildman–Crippen LogP) is 1.75. The van der Waals surface area contributed by atoms with Crippen LogP contribution < -0.4 is 16.0 Å². The Balaban J connectivity index is 1.28. The molecule has 1 aromatic rings. The van der Waals surface area contributed by atoms with Crippen LogP contribution >= 0.6 is 0 Å². The first kappa shape index (κ1) is 25.9. The van der Waals surface area contributed by atoms with Crippen molar-refractivity contribution in [1.82, 2.24) is 15.1 Å². The molecule has 0 bridgehead atoms. The Kier molecular flexibility index (Phi) is 8.40. The summed E-state index contributed by atoms with van der Waals surface area (Å²) in [6.07, 6.45) is 2.14. The molecule has 2 saturated heterocycles. The summed E-state index contributed by atoms with van der Waals surface area (Å²) in [5, 5.41) is 15.5. The second kappa shape index (κ2) is 11.7. The summed E-state index contributed by atoms with van der Waals surface area (Å²) in [7, 11) is 0. The standard InChI is InChI=1S/C25H37FN8O2/c1-17(2)32-8-6-20(7-9-32)29-30-25(27)34-12-10-33(11-13-34)24-5-4-19(14-22(24)26)23-15-21(36-31-23)16-28-18(3)35/h4-5,14,17,21H,6-13,15-16H2,1-3H3,(H2,27,30)(H,28,35). The van der Waals surface area contributed by atoms with Crippen molar-refractivity contribution >= 4 is 29.0 Å². The Morgan fingerprint density at radius 2 is 1.94 bits per heavy atom. The van der Waals surface area contributed by atoms with Gasteiger partial charge in [-0.15, -0.1) is 5.10 Å². The number of nitrogens with zero attached hydrogens (tertiary/aromatic N) is 6. The van der Waals surface area contributed by atoms with E-state index in [1.54, 1.807) is 6.07 Å². The molecule has 2 fully saturated rings. The van der Waals surface area contributed by atoms with Gasteiger partial charge in [0.1, 0.15) is 11.9 Å². The monoisotopic (exact) mass is 500 g/mol.